The second-order valence-corrected chi connectivity index (χ2v) is 7.02. The van der Waals surface area contributed by atoms with Gasteiger partial charge in [-0.25, -0.2) is 0 Å². The van der Waals surface area contributed by atoms with Gasteiger partial charge in [0.15, 0.2) is 17.6 Å². The third kappa shape index (κ3) is 2.60. The third-order valence-electron chi connectivity index (χ3n) is 2.92. The van der Waals surface area contributed by atoms with Gasteiger partial charge >= 0.3 is 0 Å². The Balaban J connectivity index is 1.81. The van der Waals surface area contributed by atoms with E-state index < -0.39 is 0 Å². The Bertz CT molecular complexity index is 585. The molecule has 2 aromatic rings. The maximum Gasteiger partial charge on any atom is 0.161 e. The van der Waals surface area contributed by atoms with Gasteiger partial charge in [0.2, 0.25) is 0 Å². The first-order chi connectivity index (χ1) is 9.15. The predicted molar refractivity (Wildman–Crippen MR) is 80.3 cm³/mol. The molecule has 2 unspecified atom stereocenters. The molecule has 0 spiro atoms. The Kier molecular flexibility index (Phi) is 3.71. The van der Waals surface area contributed by atoms with E-state index in [1.165, 1.54) is 11.3 Å². The summed E-state index contributed by atoms with van der Waals surface area (Å²) >= 11 is 10.9. The summed E-state index contributed by atoms with van der Waals surface area (Å²) in [6.07, 6.45) is -0.212. The van der Waals surface area contributed by atoms with Crippen molar-refractivity contribution in [3.05, 3.63) is 44.0 Å². The van der Waals surface area contributed by atoms with Crippen molar-refractivity contribution in [1.29, 1.82) is 0 Å². The monoisotopic (exact) mass is 359 g/mol. The van der Waals surface area contributed by atoms with Crippen LogP contribution in [0.15, 0.2) is 34.1 Å². The Morgan fingerprint density at radius 2 is 2.11 bits per heavy atom. The lowest BCUT2D eigenvalue weighted by molar-refractivity contribution is 0.0729. The number of para-hydroxylation sites is 2. The summed E-state index contributed by atoms with van der Waals surface area (Å²) in [5.74, 6) is 1.49. The zero-order valence-electron chi connectivity index (χ0n) is 9.81. The summed E-state index contributed by atoms with van der Waals surface area (Å²) in [4.78, 5) is 0.977. The minimum Gasteiger partial charge on any atom is -0.486 e. The lowest BCUT2D eigenvalue weighted by Gasteiger charge is -2.29. The van der Waals surface area contributed by atoms with E-state index in [1.807, 2.05) is 30.3 Å². The highest BCUT2D eigenvalue weighted by Gasteiger charge is 2.28. The average molecular weight is 361 g/mol. The molecule has 0 saturated carbocycles. The molecule has 2 heterocycles. The van der Waals surface area contributed by atoms with Crippen LogP contribution in [0.4, 0.5) is 0 Å². The van der Waals surface area contributed by atoms with Crippen LogP contribution in [0.1, 0.15) is 10.9 Å². The van der Waals surface area contributed by atoms with Gasteiger partial charge < -0.3 is 15.2 Å². The normalized spacial score (nSPS) is 19.2. The molecule has 0 fully saturated rings. The van der Waals surface area contributed by atoms with E-state index in [2.05, 4.69) is 15.9 Å². The summed E-state index contributed by atoms with van der Waals surface area (Å²) < 4.78 is 12.5. The second-order valence-electron chi connectivity index (χ2n) is 4.21. The number of rotatable bonds is 2. The third-order valence-corrected chi connectivity index (χ3v) is 5.50. The van der Waals surface area contributed by atoms with Crippen LogP contribution in [0, 0.1) is 0 Å². The van der Waals surface area contributed by atoms with Crippen molar-refractivity contribution in [3.8, 4) is 11.5 Å². The van der Waals surface area contributed by atoms with Gasteiger partial charge in [-0.15, -0.1) is 11.3 Å². The summed E-state index contributed by atoms with van der Waals surface area (Å²) in [7, 11) is 0. The highest BCUT2D eigenvalue weighted by Crippen LogP contribution is 2.38. The molecule has 6 heteroatoms. The van der Waals surface area contributed by atoms with E-state index in [9.17, 15) is 0 Å². The predicted octanol–water partition coefficient (Wildman–Crippen LogP) is 4.00. The van der Waals surface area contributed by atoms with Crippen molar-refractivity contribution in [1.82, 2.24) is 0 Å². The topological polar surface area (TPSA) is 44.5 Å². The summed E-state index contributed by atoms with van der Waals surface area (Å²) in [5.41, 5.74) is 6.24. The van der Waals surface area contributed by atoms with Gasteiger partial charge in [0.1, 0.15) is 6.61 Å². The quantitative estimate of drug-likeness (QED) is 0.880. The standard InChI is InChI=1S/C13H11BrClNO2S/c14-13-7(15)5-11(19-13)12(16)10-6-17-8-3-1-2-4-9(8)18-10/h1-5,10,12H,6,16H2. The van der Waals surface area contributed by atoms with Crippen molar-refractivity contribution < 1.29 is 9.47 Å². The smallest absolute Gasteiger partial charge is 0.161 e. The van der Waals surface area contributed by atoms with Gasteiger partial charge in [-0.05, 0) is 34.1 Å². The first kappa shape index (κ1) is 13.2. The molecule has 1 aromatic heterocycles. The SMILES string of the molecule is NC(c1cc(Cl)c(Br)s1)C1COc2ccccc2O1. The zero-order chi connectivity index (χ0) is 13.4. The van der Waals surface area contributed by atoms with Crippen LogP contribution in [-0.4, -0.2) is 12.7 Å². The van der Waals surface area contributed by atoms with Crippen molar-refractivity contribution in [3.63, 3.8) is 0 Å². The maximum atomic E-state index is 6.24. The fraction of sp³-hybridized carbons (Fsp3) is 0.231. The molecule has 0 saturated heterocycles. The molecular formula is C13H11BrClNO2S. The van der Waals surface area contributed by atoms with Crippen molar-refractivity contribution in [2.75, 3.05) is 6.61 Å². The van der Waals surface area contributed by atoms with Gasteiger partial charge in [0, 0.05) is 4.88 Å². The molecule has 1 aliphatic rings. The van der Waals surface area contributed by atoms with Crippen LogP contribution in [0.25, 0.3) is 0 Å². The lowest BCUT2D eigenvalue weighted by Crippen LogP contribution is -2.38. The highest BCUT2D eigenvalue weighted by molar-refractivity contribution is 9.11. The number of ether oxygens (including phenoxy) is 2. The minimum atomic E-state index is -0.262. The number of thiophene rings is 1. The van der Waals surface area contributed by atoms with Crippen molar-refractivity contribution in [2.24, 2.45) is 5.73 Å². The van der Waals surface area contributed by atoms with Crippen LogP contribution < -0.4 is 15.2 Å². The first-order valence-electron chi connectivity index (χ1n) is 5.74. The lowest BCUT2D eigenvalue weighted by atomic mass is 10.1. The van der Waals surface area contributed by atoms with Crippen LogP contribution in [0.5, 0.6) is 11.5 Å². The zero-order valence-corrected chi connectivity index (χ0v) is 13.0. The van der Waals surface area contributed by atoms with Gasteiger partial charge in [-0.1, -0.05) is 23.7 Å². The van der Waals surface area contributed by atoms with Gasteiger partial charge in [0.25, 0.3) is 0 Å². The molecule has 3 nitrogen and oxygen atoms in total. The molecule has 0 aliphatic carbocycles. The molecule has 1 aromatic carbocycles. The Morgan fingerprint density at radius 1 is 1.37 bits per heavy atom. The Hall–Kier alpha value is -0.750. The van der Waals surface area contributed by atoms with E-state index in [0.717, 1.165) is 20.2 Å². The van der Waals surface area contributed by atoms with Crippen molar-refractivity contribution >= 4 is 38.9 Å². The number of benzene rings is 1. The van der Waals surface area contributed by atoms with Crippen molar-refractivity contribution in [2.45, 2.75) is 12.1 Å². The number of fused-ring (bicyclic) bond motifs is 1. The molecular weight excluding hydrogens is 350 g/mol. The number of hydrogen-bond acceptors (Lipinski definition) is 4. The molecule has 100 valence electrons. The average Bonchev–Trinajstić information content (AvgIpc) is 2.77. The highest BCUT2D eigenvalue weighted by atomic mass is 79.9. The summed E-state index contributed by atoms with van der Waals surface area (Å²) in [6, 6.07) is 9.20. The minimum absolute atomic E-state index is 0.212. The van der Waals surface area contributed by atoms with Crippen LogP contribution >= 0.6 is 38.9 Å². The fourth-order valence-electron chi connectivity index (χ4n) is 1.92. The first-order valence-corrected chi connectivity index (χ1v) is 7.72. The van der Waals surface area contributed by atoms with E-state index in [1.54, 1.807) is 0 Å². The van der Waals surface area contributed by atoms with E-state index >= 15 is 0 Å². The largest absolute Gasteiger partial charge is 0.486 e. The van der Waals surface area contributed by atoms with Gasteiger partial charge in [0.05, 0.1) is 14.9 Å². The molecule has 1 aliphatic heterocycles. The molecule has 0 amide bonds. The molecule has 19 heavy (non-hydrogen) atoms. The second kappa shape index (κ2) is 5.32. The molecule has 3 rings (SSSR count). The Labute approximate surface area is 128 Å². The molecule has 0 radical (unpaired) electrons. The number of halogens is 2. The Morgan fingerprint density at radius 3 is 2.79 bits per heavy atom. The van der Waals surface area contributed by atoms with Crippen LogP contribution in [0.2, 0.25) is 5.02 Å². The number of nitrogens with two attached hydrogens (primary N) is 1. The van der Waals surface area contributed by atoms with Gasteiger partial charge in [-0.2, -0.15) is 0 Å². The van der Waals surface area contributed by atoms with E-state index in [-0.39, 0.29) is 12.1 Å². The molecule has 2 atom stereocenters. The van der Waals surface area contributed by atoms with Crippen LogP contribution in [0.3, 0.4) is 0 Å². The van der Waals surface area contributed by atoms with Crippen LogP contribution in [-0.2, 0) is 0 Å². The summed E-state index contributed by atoms with van der Waals surface area (Å²) in [6.45, 7) is 0.436. The summed E-state index contributed by atoms with van der Waals surface area (Å²) in [5, 5.41) is 0.674. The number of hydrogen-bond donors (Lipinski definition) is 1. The van der Waals surface area contributed by atoms with E-state index in [4.69, 9.17) is 26.8 Å². The fourth-order valence-corrected chi connectivity index (χ4v) is 3.72. The molecule has 2 N–H and O–H groups in total. The molecule has 0 bridgehead atoms. The van der Waals surface area contributed by atoms with Gasteiger partial charge in [-0.3, -0.25) is 0 Å². The van der Waals surface area contributed by atoms with E-state index in [0.29, 0.717) is 11.6 Å². The maximum absolute atomic E-state index is 6.24.